The number of nitrogens with zero attached hydrogens (tertiary/aromatic N) is 3. The molecule has 66 valence electrons. The first-order valence-corrected chi connectivity index (χ1v) is 4.08. The van der Waals surface area contributed by atoms with Crippen molar-refractivity contribution in [2.75, 3.05) is 13.1 Å². The highest BCUT2D eigenvalue weighted by molar-refractivity contribution is 4.84. The predicted molar refractivity (Wildman–Crippen MR) is 42.2 cm³/mol. The summed E-state index contributed by atoms with van der Waals surface area (Å²) in [6.45, 7) is 2.73. The summed E-state index contributed by atoms with van der Waals surface area (Å²) in [6.07, 6.45) is 2.42. The summed E-state index contributed by atoms with van der Waals surface area (Å²) in [5.74, 6) is 0.740. The van der Waals surface area contributed by atoms with E-state index in [1.165, 1.54) is 6.39 Å². The highest BCUT2D eigenvalue weighted by Gasteiger charge is 2.19. The Kier molecular flexibility index (Phi) is 2.05. The third-order valence-corrected chi connectivity index (χ3v) is 2.08. The Bertz CT molecular complexity index is 236. The number of likely N-dealkylation sites (tertiary alicyclic amines) is 1. The van der Waals surface area contributed by atoms with Crippen LogP contribution in [0.3, 0.4) is 0 Å². The zero-order chi connectivity index (χ0) is 8.39. The van der Waals surface area contributed by atoms with E-state index >= 15 is 0 Å². The van der Waals surface area contributed by atoms with E-state index in [9.17, 15) is 0 Å². The zero-order valence-corrected chi connectivity index (χ0v) is 6.81. The standard InChI is InChI=1S/C7H12N4O/c8-6-1-2-11(3-6)4-7-9-5-12-10-7/h5-6H,1-4,8H2/t6-/m1/s1. The maximum atomic E-state index is 5.75. The van der Waals surface area contributed by atoms with Crippen molar-refractivity contribution in [3.8, 4) is 0 Å². The minimum atomic E-state index is 0.317. The molecule has 0 unspecified atom stereocenters. The Morgan fingerprint density at radius 2 is 2.67 bits per heavy atom. The van der Waals surface area contributed by atoms with Crippen molar-refractivity contribution in [3.05, 3.63) is 12.2 Å². The molecule has 0 spiro atoms. The second-order valence-corrected chi connectivity index (χ2v) is 3.13. The van der Waals surface area contributed by atoms with Gasteiger partial charge in [-0.1, -0.05) is 5.16 Å². The average molecular weight is 168 g/mol. The lowest BCUT2D eigenvalue weighted by Gasteiger charge is -2.11. The van der Waals surface area contributed by atoms with Gasteiger partial charge in [-0.15, -0.1) is 0 Å². The van der Waals surface area contributed by atoms with Crippen molar-refractivity contribution < 1.29 is 4.52 Å². The van der Waals surface area contributed by atoms with E-state index in [4.69, 9.17) is 5.73 Å². The molecule has 1 aliphatic rings. The first-order chi connectivity index (χ1) is 5.84. The molecule has 12 heavy (non-hydrogen) atoms. The van der Waals surface area contributed by atoms with Gasteiger partial charge in [-0.05, 0) is 6.42 Å². The fraction of sp³-hybridized carbons (Fsp3) is 0.714. The molecule has 0 amide bonds. The lowest BCUT2D eigenvalue weighted by molar-refractivity contribution is 0.308. The van der Waals surface area contributed by atoms with Gasteiger partial charge >= 0.3 is 0 Å². The van der Waals surface area contributed by atoms with Crippen LogP contribution in [0.5, 0.6) is 0 Å². The van der Waals surface area contributed by atoms with Gasteiger partial charge in [0.25, 0.3) is 0 Å². The van der Waals surface area contributed by atoms with Gasteiger partial charge in [-0.25, -0.2) is 0 Å². The van der Waals surface area contributed by atoms with Crippen LogP contribution >= 0.6 is 0 Å². The van der Waals surface area contributed by atoms with Crippen molar-refractivity contribution in [2.45, 2.75) is 19.0 Å². The van der Waals surface area contributed by atoms with E-state index < -0.39 is 0 Å². The summed E-state index contributed by atoms with van der Waals surface area (Å²) < 4.78 is 4.63. The summed E-state index contributed by atoms with van der Waals surface area (Å²) in [5.41, 5.74) is 5.75. The largest absolute Gasteiger partial charge is 0.343 e. The molecule has 0 radical (unpaired) electrons. The molecular formula is C7H12N4O. The van der Waals surface area contributed by atoms with Crippen molar-refractivity contribution in [2.24, 2.45) is 5.73 Å². The molecular weight excluding hydrogens is 156 g/mol. The molecule has 0 saturated carbocycles. The van der Waals surface area contributed by atoms with Crippen molar-refractivity contribution >= 4 is 0 Å². The molecule has 1 fully saturated rings. The normalized spacial score (nSPS) is 24.9. The number of aromatic nitrogens is 2. The van der Waals surface area contributed by atoms with Gasteiger partial charge in [-0.2, -0.15) is 4.98 Å². The topological polar surface area (TPSA) is 68.2 Å². The lowest BCUT2D eigenvalue weighted by atomic mass is 10.3. The number of rotatable bonds is 2. The van der Waals surface area contributed by atoms with Crippen LogP contribution in [0.2, 0.25) is 0 Å². The fourth-order valence-electron chi connectivity index (χ4n) is 1.47. The van der Waals surface area contributed by atoms with E-state index in [0.717, 1.165) is 31.9 Å². The molecule has 0 bridgehead atoms. The quantitative estimate of drug-likeness (QED) is 0.651. The third kappa shape index (κ3) is 1.62. The van der Waals surface area contributed by atoms with Crippen LogP contribution in [0.1, 0.15) is 12.2 Å². The van der Waals surface area contributed by atoms with Crippen molar-refractivity contribution in [3.63, 3.8) is 0 Å². The van der Waals surface area contributed by atoms with Crippen molar-refractivity contribution in [1.29, 1.82) is 0 Å². The lowest BCUT2D eigenvalue weighted by Crippen LogP contribution is -2.26. The van der Waals surface area contributed by atoms with Crippen LogP contribution in [0, 0.1) is 0 Å². The Morgan fingerprint density at radius 1 is 1.75 bits per heavy atom. The van der Waals surface area contributed by atoms with E-state index in [1.807, 2.05) is 0 Å². The van der Waals surface area contributed by atoms with E-state index in [-0.39, 0.29) is 0 Å². The number of hydrogen-bond donors (Lipinski definition) is 1. The fourth-order valence-corrected chi connectivity index (χ4v) is 1.47. The molecule has 0 aliphatic carbocycles. The summed E-state index contributed by atoms with van der Waals surface area (Å²) >= 11 is 0. The summed E-state index contributed by atoms with van der Waals surface area (Å²) in [6, 6.07) is 0.317. The minimum absolute atomic E-state index is 0.317. The number of hydrogen-bond acceptors (Lipinski definition) is 5. The molecule has 1 aromatic rings. The second kappa shape index (κ2) is 3.20. The molecule has 1 atom stereocenters. The van der Waals surface area contributed by atoms with Gasteiger partial charge < -0.3 is 10.3 Å². The van der Waals surface area contributed by atoms with Crippen LogP contribution in [0.15, 0.2) is 10.9 Å². The third-order valence-electron chi connectivity index (χ3n) is 2.08. The first kappa shape index (κ1) is 7.70. The minimum Gasteiger partial charge on any atom is -0.343 e. The zero-order valence-electron chi connectivity index (χ0n) is 6.81. The molecule has 2 rings (SSSR count). The maximum Gasteiger partial charge on any atom is 0.213 e. The van der Waals surface area contributed by atoms with E-state index in [1.54, 1.807) is 0 Å². The average Bonchev–Trinajstić information content (AvgIpc) is 2.63. The smallest absolute Gasteiger partial charge is 0.213 e. The molecule has 5 nitrogen and oxygen atoms in total. The first-order valence-electron chi connectivity index (χ1n) is 4.08. The molecule has 5 heteroatoms. The van der Waals surface area contributed by atoms with Gasteiger partial charge in [0.2, 0.25) is 6.39 Å². The van der Waals surface area contributed by atoms with Gasteiger partial charge in [0, 0.05) is 19.1 Å². The Morgan fingerprint density at radius 3 is 3.25 bits per heavy atom. The number of nitrogens with two attached hydrogens (primary N) is 1. The van der Waals surface area contributed by atoms with Gasteiger partial charge in [0.1, 0.15) is 0 Å². The molecule has 1 aliphatic heterocycles. The summed E-state index contributed by atoms with van der Waals surface area (Å²) in [7, 11) is 0. The summed E-state index contributed by atoms with van der Waals surface area (Å²) in [4.78, 5) is 6.18. The predicted octanol–water partition coefficient (Wildman–Crippen LogP) is -0.397. The molecule has 0 aromatic carbocycles. The van der Waals surface area contributed by atoms with Gasteiger partial charge in [-0.3, -0.25) is 4.90 Å². The Hall–Kier alpha value is -0.940. The molecule has 1 aromatic heterocycles. The molecule has 2 heterocycles. The Labute approximate surface area is 70.5 Å². The van der Waals surface area contributed by atoms with Crippen LogP contribution in [-0.4, -0.2) is 34.2 Å². The molecule has 1 saturated heterocycles. The van der Waals surface area contributed by atoms with Gasteiger partial charge in [0.15, 0.2) is 5.82 Å². The van der Waals surface area contributed by atoms with Crippen LogP contribution < -0.4 is 5.73 Å². The SMILES string of the molecule is N[C@@H]1CCN(Cc2ncon2)C1. The van der Waals surface area contributed by atoms with E-state index in [2.05, 4.69) is 19.6 Å². The maximum absolute atomic E-state index is 5.75. The van der Waals surface area contributed by atoms with Crippen LogP contribution in [0.4, 0.5) is 0 Å². The highest BCUT2D eigenvalue weighted by atomic mass is 16.5. The van der Waals surface area contributed by atoms with Crippen molar-refractivity contribution in [1.82, 2.24) is 15.0 Å². The van der Waals surface area contributed by atoms with Gasteiger partial charge in [0.05, 0.1) is 6.54 Å². The van der Waals surface area contributed by atoms with E-state index in [0.29, 0.717) is 6.04 Å². The highest BCUT2D eigenvalue weighted by Crippen LogP contribution is 2.09. The monoisotopic (exact) mass is 168 g/mol. The second-order valence-electron chi connectivity index (χ2n) is 3.13. The van der Waals surface area contributed by atoms with Crippen LogP contribution in [0.25, 0.3) is 0 Å². The summed E-state index contributed by atoms with van der Waals surface area (Å²) in [5, 5.41) is 3.74. The Balaban J connectivity index is 1.88. The molecule has 2 N–H and O–H groups in total. The van der Waals surface area contributed by atoms with Crippen LogP contribution in [-0.2, 0) is 6.54 Å².